The van der Waals surface area contributed by atoms with Crippen molar-refractivity contribution < 1.29 is 36.3 Å². The Hall–Kier alpha value is -3.08. The summed E-state index contributed by atoms with van der Waals surface area (Å²) in [5.74, 6) is -4.71. The van der Waals surface area contributed by atoms with Crippen molar-refractivity contribution in [1.29, 1.82) is 0 Å². The molecule has 0 aliphatic rings. The summed E-state index contributed by atoms with van der Waals surface area (Å²) in [4.78, 5) is 26.8. The van der Waals surface area contributed by atoms with Crippen LogP contribution in [0.3, 0.4) is 0 Å². The molecule has 0 bridgehead atoms. The molecule has 11 heteroatoms. The normalized spacial score (nSPS) is 11.1. The maximum absolute atomic E-state index is 12.4. The highest BCUT2D eigenvalue weighted by atomic mass is 32.2. The number of nitrogens with one attached hydrogen (secondary N) is 1. The summed E-state index contributed by atoms with van der Waals surface area (Å²) in [7, 11) is -3.29. The predicted octanol–water partition coefficient (Wildman–Crippen LogP) is 1.88. The van der Waals surface area contributed by atoms with Crippen LogP contribution >= 0.6 is 0 Å². The zero-order valence-electron chi connectivity index (χ0n) is 13.9. The summed E-state index contributed by atoms with van der Waals surface area (Å²) in [6.45, 7) is -0.609. The summed E-state index contributed by atoms with van der Waals surface area (Å²) in [5, 5.41) is 2.34. The molecule has 2 aromatic rings. The molecular weight excluding hydrogens is 386 g/mol. The number of amides is 1. The number of ether oxygens (including phenoxy) is 2. The lowest BCUT2D eigenvalue weighted by atomic mass is 10.3. The van der Waals surface area contributed by atoms with Crippen LogP contribution in [0.5, 0.6) is 5.88 Å². The number of alkyl halides is 2. The molecule has 8 nitrogen and oxygen atoms in total. The van der Waals surface area contributed by atoms with E-state index in [1.807, 2.05) is 0 Å². The third-order valence-electron chi connectivity index (χ3n) is 3.22. The van der Waals surface area contributed by atoms with Crippen LogP contribution in [0.1, 0.15) is 10.4 Å². The third kappa shape index (κ3) is 5.20. The number of aromatic nitrogens is 1. The van der Waals surface area contributed by atoms with Gasteiger partial charge in [-0.25, -0.2) is 18.2 Å². The van der Waals surface area contributed by atoms with Crippen molar-refractivity contribution in [2.75, 3.05) is 19.0 Å². The van der Waals surface area contributed by atoms with Gasteiger partial charge in [0.2, 0.25) is 15.7 Å². The van der Waals surface area contributed by atoms with Crippen molar-refractivity contribution in [2.24, 2.45) is 0 Å². The average molecular weight is 400 g/mol. The van der Waals surface area contributed by atoms with Gasteiger partial charge in [0.1, 0.15) is 0 Å². The maximum Gasteiger partial charge on any atom is 0.341 e. The van der Waals surface area contributed by atoms with Crippen molar-refractivity contribution in [3.63, 3.8) is 0 Å². The Morgan fingerprint density at radius 2 is 1.81 bits per heavy atom. The number of halogens is 2. The van der Waals surface area contributed by atoms with Crippen molar-refractivity contribution in [3.8, 4) is 5.88 Å². The van der Waals surface area contributed by atoms with Crippen molar-refractivity contribution >= 4 is 27.4 Å². The Bertz CT molecular complexity index is 915. The Kier molecular flexibility index (Phi) is 6.40. The predicted molar refractivity (Wildman–Crippen MR) is 89.3 cm³/mol. The Labute approximate surface area is 153 Å². The Balaban J connectivity index is 1.90. The van der Waals surface area contributed by atoms with Gasteiger partial charge in [-0.2, -0.15) is 8.78 Å². The van der Waals surface area contributed by atoms with Gasteiger partial charge >= 0.3 is 11.7 Å². The molecule has 1 heterocycles. The first-order chi connectivity index (χ1) is 12.7. The summed E-state index contributed by atoms with van der Waals surface area (Å²) in [5.41, 5.74) is 0.264. The fourth-order valence-corrected chi connectivity index (χ4v) is 2.59. The largest absolute Gasteiger partial charge is 0.481 e. The molecule has 0 aliphatic carbocycles. The second kappa shape index (κ2) is 8.54. The quantitative estimate of drug-likeness (QED) is 0.706. The molecule has 27 heavy (non-hydrogen) atoms. The van der Waals surface area contributed by atoms with Gasteiger partial charge in [-0.05, 0) is 30.3 Å². The number of carbonyl (C=O) groups excluding carboxylic acids is 2. The van der Waals surface area contributed by atoms with E-state index in [0.717, 1.165) is 24.3 Å². The number of esters is 1. The molecule has 0 aliphatic heterocycles. The van der Waals surface area contributed by atoms with Gasteiger partial charge in [-0.1, -0.05) is 0 Å². The molecule has 0 radical (unpaired) electrons. The molecule has 0 unspecified atom stereocenters. The molecule has 0 spiro atoms. The van der Waals surface area contributed by atoms with Crippen LogP contribution in [0.2, 0.25) is 0 Å². The third-order valence-corrected chi connectivity index (χ3v) is 4.62. The van der Waals surface area contributed by atoms with Crippen LogP contribution in [0.15, 0.2) is 47.5 Å². The minimum atomic E-state index is -4.71. The molecule has 1 aromatic carbocycles. The number of anilines is 1. The number of carbonyl (C=O) groups is 2. The van der Waals surface area contributed by atoms with Crippen LogP contribution in [-0.4, -0.2) is 44.8 Å². The van der Waals surface area contributed by atoms with E-state index in [0.29, 0.717) is 5.88 Å². The van der Waals surface area contributed by atoms with Gasteiger partial charge in [0.05, 0.1) is 17.6 Å². The average Bonchev–Trinajstić information content (AvgIpc) is 2.66. The Morgan fingerprint density at radius 3 is 2.33 bits per heavy atom. The van der Waals surface area contributed by atoms with Gasteiger partial charge in [-0.3, -0.25) is 4.79 Å². The standard InChI is InChI=1S/C16H14F2N2O6S/c1-25-14-7-2-10(8-19-14)15(22)26-9-13(21)20-11-3-5-12(6-4-11)27(23,24)16(17)18/h2-8,16H,9H2,1H3,(H,20,21). The fourth-order valence-electron chi connectivity index (χ4n) is 1.86. The van der Waals surface area contributed by atoms with E-state index >= 15 is 0 Å². The van der Waals surface area contributed by atoms with Gasteiger partial charge in [0, 0.05) is 18.0 Å². The lowest BCUT2D eigenvalue weighted by Gasteiger charge is -2.08. The maximum atomic E-state index is 12.4. The second-order valence-electron chi connectivity index (χ2n) is 5.04. The highest BCUT2D eigenvalue weighted by molar-refractivity contribution is 7.91. The summed E-state index contributed by atoms with van der Waals surface area (Å²) in [6, 6.07) is 7.02. The first kappa shape index (κ1) is 20.2. The van der Waals surface area contributed by atoms with Crippen molar-refractivity contribution in [1.82, 2.24) is 4.98 Å². The first-order valence-corrected chi connectivity index (χ1v) is 8.88. The van der Waals surface area contributed by atoms with Gasteiger partial charge in [-0.15, -0.1) is 0 Å². The molecule has 0 saturated heterocycles. The van der Waals surface area contributed by atoms with Crippen molar-refractivity contribution in [2.45, 2.75) is 10.7 Å². The molecule has 0 saturated carbocycles. The summed E-state index contributed by atoms with van der Waals surface area (Å²) >= 11 is 0. The summed E-state index contributed by atoms with van der Waals surface area (Å²) in [6.07, 6.45) is 1.22. The van der Waals surface area contributed by atoms with Gasteiger partial charge in [0.25, 0.3) is 5.91 Å². The van der Waals surface area contributed by atoms with Crippen LogP contribution in [0.25, 0.3) is 0 Å². The van der Waals surface area contributed by atoms with Gasteiger partial charge in [0.15, 0.2) is 6.61 Å². The van der Waals surface area contributed by atoms with Crippen LogP contribution in [-0.2, 0) is 19.4 Å². The topological polar surface area (TPSA) is 112 Å². The molecule has 1 aromatic heterocycles. The lowest BCUT2D eigenvalue weighted by Crippen LogP contribution is -2.21. The van der Waals surface area contributed by atoms with Gasteiger partial charge < -0.3 is 14.8 Å². The second-order valence-corrected chi connectivity index (χ2v) is 6.96. The molecule has 2 rings (SSSR count). The van der Waals surface area contributed by atoms with Crippen molar-refractivity contribution in [3.05, 3.63) is 48.2 Å². The highest BCUT2D eigenvalue weighted by Gasteiger charge is 2.26. The zero-order chi connectivity index (χ0) is 20.0. The van der Waals surface area contributed by atoms with E-state index < -0.39 is 39.0 Å². The molecular formula is C16H14F2N2O6S. The number of pyridine rings is 1. The van der Waals surface area contributed by atoms with E-state index in [2.05, 4.69) is 10.3 Å². The molecule has 0 atom stereocenters. The molecule has 1 amide bonds. The first-order valence-electron chi connectivity index (χ1n) is 7.33. The minimum absolute atomic E-state index is 0.116. The minimum Gasteiger partial charge on any atom is -0.481 e. The van der Waals surface area contributed by atoms with Crippen LogP contribution in [0, 0.1) is 0 Å². The number of nitrogens with zero attached hydrogens (tertiary/aromatic N) is 1. The number of methoxy groups -OCH3 is 1. The van der Waals surface area contributed by atoms with Crippen LogP contribution in [0.4, 0.5) is 14.5 Å². The van der Waals surface area contributed by atoms with E-state index in [4.69, 9.17) is 9.47 Å². The van der Waals surface area contributed by atoms with E-state index in [1.54, 1.807) is 0 Å². The molecule has 144 valence electrons. The molecule has 1 N–H and O–H groups in total. The van der Waals surface area contributed by atoms with Crippen LogP contribution < -0.4 is 10.1 Å². The van der Waals surface area contributed by atoms with E-state index in [1.165, 1.54) is 25.4 Å². The highest BCUT2D eigenvalue weighted by Crippen LogP contribution is 2.20. The lowest BCUT2D eigenvalue weighted by molar-refractivity contribution is -0.119. The number of sulfone groups is 1. The summed E-state index contributed by atoms with van der Waals surface area (Å²) < 4.78 is 57.2. The number of rotatable bonds is 7. The number of hydrogen-bond donors (Lipinski definition) is 1. The zero-order valence-corrected chi connectivity index (χ0v) is 14.7. The fraction of sp³-hybridized carbons (Fsp3) is 0.188. The number of benzene rings is 1. The monoisotopic (exact) mass is 400 g/mol. The SMILES string of the molecule is COc1ccc(C(=O)OCC(=O)Nc2ccc(S(=O)(=O)C(F)F)cc2)cn1. The molecule has 0 fully saturated rings. The van der Waals surface area contributed by atoms with E-state index in [9.17, 15) is 26.8 Å². The van der Waals surface area contributed by atoms with E-state index in [-0.39, 0.29) is 11.3 Å². The number of hydrogen-bond acceptors (Lipinski definition) is 7. The smallest absolute Gasteiger partial charge is 0.341 e. The Morgan fingerprint density at radius 1 is 1.15 bits per heavy atom.